The van der Waals surface area contributed by atoms with Crippen molar-refractivity contribution in [3.05, 3.63) is 0 Å². The van der Waals surface area contributed by atoms with Gasteiger partial charge in [-0.3, -0.25) is 0 Å². The summed E-state index contributed by atoms with van der Waals surface area (Å²) in [5, 5.41) is 22.9. The lowest BCUT2D eigenvalue weighted by molar-refractivity contribution is -0.225. The van der Waals surface area contributed by atoms with Crippen LogP contribution in [0.25, 0.3) is 0 Å². The van der Waals surface area contributed by atoms with Crippen molar-refractivity contribution >= 4 is 0 Å². The van der Waals surface area contributed by atoms with Gasteiger partial charge in [-0.25, -0.2) is 0 Å². The van der Waals surface area contributed by atoms with Gasteiger partial charge in [0.1, 0.15) is 13.6 Å². The number of ether oxygens (including phenoxy) is 5. The number of aliphatic hydroxyl groups is 2. The molecule has 0 radical (unpaired) electrons. The topological polar surface area (TPSA) is 86.6 Å². The van der Waals surface area contributed by atoms with Crippen LogP contribution in [0.15, 0.2) is 0 Å². The molecule has 6 fully saturated rings. The van der Waals surface area contributed by atoms with Crippen LogP contribution in [0, 0.1) is 44.8 Å². The van der Waals surface area contributed by atoms with Crippen LogP contribution in [0.1, 0.15) is 106 Å². The molecular formula is C34H58O7. The molecule has 7 nitrogen and oxygen atoms in total. The van der Waals surface area contributed by atoms with Crippen molar-refractivity contribution in [2.45, 2.75) is 142 Å². The molecule has 0 unspecified atom stereocenters. The van der Waals surface area contributed by atoms with Crippen LogP contribution in [0.4, 0.5) is 0 Å². The summed E-state index contributed by atoms with van der Waals surface area (Å²) in [6, 6.07) is 0. The molecule has 12 atom stereocenters. The van der Waals surface area contributed by atoms with Crippen molar-refractivity contribution in [1.29, 1.82) is 0 Å². The van der Waals surface area contributed by atoms with Gasteiger partial charge in [-0.2, -0.15) is 0 Å². The van der Waals surface area contributed by atoms with Gasteiger partial charge in [0.25, 0.3) is 0 Å². The monoisotopic (exact) mass is 578 g/mol. The zero-order chi connectivity index (χ0) is 29.9. The minimum absolute atomic E-state index is 0.00251. The zero-order valence-corrected chi connectivity index (χ0v) is 27.3. The Kier molecular flexibility index (Phi) is 7.20. The van der Waals surface area contributed by atoms with E-state index in [2.05, 4.69) is 48.5 Å². The number of aliphatic hydroxyl groups excluding tert-OH is 2. The second-order valence-corrected chi connectivity index (χ2v) is 16.9. The Morgan fingerprint density at radius 1 is 0.829 bits per heavy atom. The van der Waals surface area contributed by atoms with Crippen molar-refractivity contribution in [3.8, 4) is 0 Å². The Morgan fingerprint density at radius 3 is 2.22 bits per heavy atom. The summed E-state index contributed by atoms with van der Waals surface area (Å²) in [7, 11) is 3.37. The molecule has 41 heavy (non-hydrogen) atoms. The maximum atomic E-state index is 11.9. The first-order valence-corrected chi connectivity index (χ1v) is 16.4. The predicted octanol–water partition coefficient (Wildman–Crippen LogP) is 5.69. The Balaban J connectivity index is 1.35. The van der Waals surface area contributed by atoms with Crippen molar-refractivity contribution in [2.75, 3.05) is 27.8 Å². The molecule has 0 aromatic rings. The molecule has 1 aliphatic heterocycles. The molecule has 0 amide bonds. The molecule has 1 saturated heterocycles. The van der Waals surface area contributed by atoms with Gasteiger partial charge in [0.05, 0.1) is 35.6 Å². The SMILES string of the molecule is COCO[C@H]1C[C@@]2(C)[C@@H]3C[C@H](O)[C@H]4C(C)(C)[C@@H](O)CC[C@@]45C[C@@]35CC[C@]2(C)[C@H]1[C@@]1(C)CC[C@@H](C(C)(C)OCOC)O1. The number of rotatable bonds is 8. The summed E-state index contributed by atoms with van der Waals surface area (Å²) in [6.07, 6.45) is 8.49. The summed E-state index contributed by atoms with van der Waals surface area (Å²) < 4.78 is 30.5. The third-order valence-corrected chi connectivity index (χ3v) is 14.7. The van der Waals surface area contributed by atoms with Gasteiger partial charge in [0.15, 0.2) is 0 Å². The Bertz CT molecular complexity index is 1020. The van der Waals surface area contributed by atoms with E-state index in [0.717, 1.165) is 44.9 Å². The fraction of sp³-hybridized carbons (Fsp3) is 1.00. The van der Waals surface area contributed by atoms with Crippen LogP contribution >= 0.6 is 0 Å². The average molecular weight is 579 g/mol. The van der Waals surface area contributed by atoms with E-state index in [1.807, 2.05) is 0 Å². The number of hydrogen-bond donors (Lipinski definition) is 2. The van der Waals surface area contributed by atoms with Gasteiger partial charge in [-0.1, -0.05) is 27.7 Å². The summed E-state index contributed by atoms with van der Waals surface area (Å²) in [6.45, 7) is 16.6. The number of methoxy groups -OCH3 is 2. The maximum absolute atomic E-state index is 11.9. The zero-order valence-electron chi connectivity index (χ0n) is 27.3. The van der Waals surface area contributed by atoms with E-state index in [-0.39, 0.29) is 82.5 Å². The smallest absolute Gasteiger partial charge is 0.147 e. The van der Waals surface area contributed by atoms with E-state index >= 15 is 0 Å². The normalized spacial score (nSPS) is 53.8. The molecule has 5 saturated carbocycles. The summed E-state index contributed by atoms with van der Waals surface area (Å²) in [4.78, 5) is 0. The molecule has 2 N–H and O–H groups in total. The fourth-order valence-electron chi connectivity index (χ4n) is 12.7. The highest BCUT2D eigenvalue weighted by atomic mass is 16.7. The van der Waals surface area contributed by atoms with Crippen LogP contribution < -0.4 is 0 Å². The summed E-state index contributed by atoms with van der Waals surface area (Å²) >= 11 is 0. The van der Waals surface area contributed by atoms with E-state index in [9.17, 15) is 10.2 Å². The average Bonchev–Trinajstić information content (AvgIpc) is 3.24. The Labute approximate surface area is 248 Å². The van der Waals surface area contributed by atoms with Crippen molar-refractivity contribution < 1.29 is 33.9 Å². The first-order valence-electron chi connectivity index (χ1n) is 16.4. The lowest BCUT2D eigenvalue weighted by Crippen LogP contribution is -2.62. The molecule has 7 heteroatoms. The fourth-order valence-corrected chi connectivity index (χ4v) is 12.7. The lowest BCUT2D eigenvalue weighted by atomic mass is 9.41. The van der Waals surface area contributed by atoms with Gasteiger partial charge in [-0.15, -0.1) is 0 Å². The molecule has 0 aromatic carbocycles. The molecule has 0 bridgehead atoms. The van der Waals surface area contributed by atoms with E-state index in [1.54, 1.807) is 14.2 Å². The minimum atomic E-state index is -0.447. The summed E-state index contributed by atoms with van der Waals surface area (Å²) in [5.41, 5.74) is -0.615. The number of fused-ring (bicyclic) bond motifs is 2. The maximum Gasteiger partial charge on any atom is 0.147 e. The Hall–Kier alpha value is -0.280. The molecule has 0 aromatic heterocycles. The third kappa shape index (κ3) is 3.94. The Morgan fingerprint density at radius 2 is 1.54 bits per heavy atom. The van der Waals surface area contributed by atoms with E-state index in [4.69, 9.17) is 23.7 Å². The van der Waals surface area contributed by atoms with Crippen molar-refractivity contribution in [3.63, 3.8) is 0 Å². The number of hydrogen-bond acceptors (Lipinski definition) is 7. The van der Waals surface area contributed by atoms with Crippen LogP contribution in [0.2, 0.25) is 0 Å². The second kappa shape index (κ2) is 9.61. The van der Waals surface area contributed by atoms with Gasteiger partial charge in [0, 0.05) is 20.1 Å². The standard InChI is InChI=1S/C34H58O7/c1-28(2)24(36)10-13-34-18-33(34)15-14-30(5)27(32(7)12-11-25(41-32)29(3,4)40-20-38-9)22(39-19-37-8)17-31(30,6)23(33)16-21(35)26(28)34/h21-27,35-36H,10-20H2,1-9H3/t21-,22-,23-,24-,25-,26-,27-,30+,31-,32+,33-,34+/m0/s1. The molecular weight excluding hydrogens is 520 g/mol. The quantitative estimate of drug-likeness (QED) is 0.358. The van der Waals surface area contributed by atoms with Crippen LogP contribution in [-0.4, -0.2) is 73.6 Å². The lowest BCUT2D eigenvalue weighted by Gasteiger charge is -2.64. The first-order chi connectivity index (χ1) is 19.1. The van der Waals surface area contributed by atoms with Crippen molar-refractivity contribution in [2.24, 2.45) is 44.8 Å². The highest BCUT2D eigenvalue weighted by molar-refractivity contribution is 5.33. The minimum Gasteiger partial charge on any atom is -0.393 e. The van der Waals surface area contributed by atoms with Gasteiger partial charge >= 0.3 is 0 Å². The van der Waals surface area contributed by atoms with E-state index in [1.165, 1.54) is 12.8 Å². The van der Waals surface area contributed by atoms with Crippen LogP contribution in [0.5, 0.6) is 0 Å². The second-order valence-electron chi connectivity index (χ2n) is 16.9. The van der Waals surface area contributed by atoms with Crippen LogP contribution in [-0.2, 0) is 23.7 Å². The summed E-state index contributed by atoms with van der Waals surface area (Å²) in [5.74, 6) is 0.823. The molecule has 236 valence electrons. The van der Waals surface area contributed by atoms with Crippen molar-refractivity contribution in [1.82, 2.24) is 0 Å². The molecule has 1 heterocycles. The van der Waals surface area contributed by atoms with E-state index in [0.29, 0.717) is 5.92 Å². The third-order valence-electron chi connectivity index (χ3n) is 14.7. The van der Waals surface area contributed by atoms with E-state index < -0.39 is 5.60 Å². The largest absolute Gasteiger partial charge is 0.393 e. The van der Waals surface area contributed by atoms with Gasteiger partial charge in [-0.05, 0) is 117 Å². The highest BCUT2D eigenvalue weighted by Crippen LogP contribution is 2.89. The molecule has 2 spiro atoms. The molecule has 6 rings (SSSR count). The van der Waals surface area contributed by atoms with Gasteiger partial charge in [0.2, 0.25) is 0 Å². The highest BCUT2D eigenvalue weighted by Gasteiger charge is 2.85. The predicted molar refractivity (Wildman–Crippen MR) is 156 cm³/mol. The first kappa shape index (κ1) is 30.7. The molecule has 6 aliphatic rings. The van der Waals surface area contributed by atoms with Crippen LogP contribution in [0.3, 0.4) is 0 Å². The molecule has 5 aliphatic carbocycles. The van der Waals surface area contributed by atoms with Gasteiger partial charge < -0.3 is 33.9 Å².